The molecule has 0 saturated heterocycles. The summed E-state index contributed by atoms with van der Waals surface area (Å²) in [7, 11) is 1.89. The fraction of sp³-hybridized carbons (Fsp3) is 0.286. The summed E-state index contributed by atoms with van der Waals surface area (Å²) in [6.45, 7) is 2.60. The van der Waals surface area contributed by atoms with Crippen LogP contribution in [0, 0.1) is 6.92 Å². The Kier molecular flexibility index (Phi) is 3.47. The topological polar surface area (TPSA) is 68.2 Å². The number of benzene rings is 1. The number of halogens is 1. The van der Waals surface area contributed by atoms with Gasteiger partial charge < -0.3 is 15.4 Å². The zero-order valence-electron chi connectivity index (χ0n) is 11.7. The zero-order chi connectivity index (χ0) is 15.0. The third kappa shape index (κ3) is 2.80. The number of hydrogen-bond donors (Lipinski definition) is 2. The van der Waals surface area contributed by atoms with E-state index in [1.165, 1.54) is 0 Å². The van der Waals surface area contributed by atoms with Crippen molar-refractivity contribution in [2.24, 2.45) is 7.05 Å². The maximum Gasteiger partial charge on any atom is 0.262 e. The summed E-state index contributed by atoms with van der Waals surface area (Å²) in [4.78, 5) is 11.3. The van der Waals surface area contributed by atoms with E-state index in [2.05, 4.69) is 15.7 Å². The minimum atomic E-state index is -0.176. The second-order valence-electron chi connectivity index (χ2n) is 4.93. The fourth-order valence-electron chi connectivity index (χ4n) is 2.25. The van der Waals surface area contributed by atoms with E-state index in [9.17, 15) is 4.79 Å². The van der Waals surface area contributed by atoms with E-state index in [0.29, 0.717) is 23.0 Å². The molecule has 0 aliphatic carbocycles. The van der Waals surface area contributed by atoms with Gasteiger partial charge in [0.15, 0.2) is 6.61 Å². The number of rotatable bonds is 3. The van der Waals surface area contributed by atoms with Gasteiger partial charge in [-0.15, -0.1) is 0 Å². The molecule has 1 amide bonds. The lowest BCUT2D eigenvalue weighted by molar-refractivity contribution is -0.118. The standard InChI is InChI=1S/C14H15ClN4O2/c1-8-9(6-19(2)18-8)5-16-11-4-13-12(3-10(11)15)17-14(20)7-21-13/h3-4,6,16H,5,7H2,1-2H3,(H,17,20). The van der Waals surface area contributed by atoms with E-state index >= 15 is 0 Å². The van der Waals surface area contributed by atoms with Crippen molar-refractivity contribution in [3.05, 3.63) is 34.6 Å². The fourth-order valence-corrected chi connectivity index (χ4v) is 2.48. The summed E-state index contributed by atoms with van der Waals surface area (Å²) < 4.78 is 7.16. The van der Waals surface area contributed by atoms with Gasteiger partial charge in [-0.3, -0.25) is 9.48 Å². The van der Waals surface area contributed by atoms with Gasteiger partial charge in [0.1, 0.15) is 5.75 Å². The van der Waals surface area contributed by atoms with Gasteiger partial charge in [-0.05, 0) is 13.0 Å². The average Bonchev–Trinajstić information content (AvgIpc) is 2.74. The molecule has 0 fully saturated rings. The maximum atomic E-state index is 11.3. The Hall–Kier alpha value is -2.21. The summed E-state index contributed by atoms with van der Waals surface area (Å²) in [6.07, 6.45) is 1.96. The molecule has 6 nitrogen and oxygen atoms in total. The summed E-state index contributed by atoms with van der Waals surface area (Å²) in [5.74, 6) is 0.440. The first-order valence-corrected chi connectivity index (χ1v) is 6.90. The number of aryl methyl sites for hydroxylation is 2. The number of amides is 1. The van der Waals surface area contributed by atoms with Crippen LogP contribution in [-0.2, 0) is 18.4 Å². The highest BCUT2D eigenvalue weighted by molar-refractivity contribution is 6.33. The van der Waals surface area contributed by atoms with E-state index in [1.54, 1.807) is 16.8 Å². The number of carbonyl (C=O) groups is 1. The molecular formula is C14H15ClN4O2. The Morgan fingerprint density at radius 2 is 2.33 bits per heavy atom. The molecule has 0 spiro atoms. The summed E-state index contributed by atoms with van der Waals surface area (Å²) >= 11 is 6.23. The first kappa shape index (κ1) is 13.8. The van der Waals surface area contributed by atoms with Crippen molar-refractivity contribution in [2.45, 2.75) is 13.5 Å². The lowest BCUT2D eigenvalue weighted by atomic mass is 10.2. The largest absolute Gasteiger partial charge is 0.482 e. The molecule has 110 valence electrons. The van der Waals surface area contributed by atoms with Gasteiger partial charge in [0.2, 0.25) is 0 Å². The predicted octanol–water partition coefficient (Wildman–Crippen LogP) is 2.32. The minimum Gasteiger partial charge on any atom is -0.482 e. The number of nitrogens with one attached hydrogen (secondary N) is 2. The maximum absolute atomic E-state index is 11.3. The van der Waals surface area contributed by atoms with Crippen molar-refractivity contribution in [3.8, 4) is 5.75 Å². The van der Waals surface area contributed by atoms with Crippen molar-refractivity contribution >= 4 is 28.9 Å². The number of ether oxygens (including phenoxy) is 1. The number of nitrogens with zero attached hydrogens (tertiary/aromatic N) is 2. The van der Waals surface area contributed by atoms with Gasteiger partial charge >= 0.3 is 0 Å². The molecule has 7 heteroatoms. The smallest absolute Gasteiger partial charge is 0.262 e. The molecular weight excluding hydrogens is 292 g/mol. The van der Waals surface area contributed by atoms with E-state index in [4.69, 9.17) is 16.3 Å². The molecule has 0 bridgehead atoms. The minimum absolute atomic E-state index is 0.0236. The normalized spacial score (nSPS) is 13.4. The molecule has 1 aromatic carbocycles. The summed E-state index contributed by atoms with van der Waals surface area (Å²) in [6, 6.07) is 3.48. The van der Waals surface area contributed by atoms with Gasteiger partial charge in [-0.1, -0.05) is 11.6 Å². The Morgan fingerprint density at radius 1 is 1.52 bits per heavy atom. The van der Waals surface area contributed by atoms with E-state index in [0.717, 1.165) is 16.9 Å². The molecule has 3 rings (SSSR count). The van der Waals surface area contributed by atoms with Gasteiger partial charge in [0.25, 0.3) is 5.91 Å². The van der Waals surface area contributed by atoms with Crippen molar-refractivity contribution in [1.82, 2.24) is 9.78 Å². The van der Waals surface area contributed by atoms with Crippen LogP contribution in [-0.4, -0.2) is 22.3 Å². The second-order valence-corrected chi connectivity index (χ2v) is 5.34. The molecule has 0 unspecified atom stereocenters. The van der Waals surface area contributed by atoms with Crippen LogP contribution < -0.4 is 15.4 Å². The highest BCUT2D eigenvalue weighted by Crippen LogP contribution is 2.36. The molecule has 0 atom stereocenters. The Morgan fingerprint density at radius 3 is 3.05 bits per heavy atom. The Balaban J connectivity index is 1.80. The number of anilines is 2. The van der Waals surface area contributed by atoms with Crippen LogP contribution in [0.15, 0.2) is 18.3 Å². The van der Waals surface area contributed by atoms with Crippen LogP contribution in [0.1, 0.15) is 11.3 Å². The van der Waals surface area contributed by atoms with E-state index < -0.39 is 0 Å². The number of aromatic nitrogens is 2. The summed E-state index contributed by atoms with van der Waals surface area (Å²) in [5.41, 5.74) is 3.43. The van der Waals surface area contributed by atoms with Crippen LogP contribution in [0.3, 0.4) is 0 Å². The van der Waals surface area contributed by atoms with E-state index in [1.807, 2.05) is 20.2 Å². The molecule has 2 heterocycles. The molecule has 1 aliphatic rings. The van der Waals surface area contributed by atoms with Gasteiger partial charge in [-0.2, -0.15) is 5.10 Å². The van der Waals surface area contributed by atoms with E-state index in [-0.39, 0.29) is 12.5 Å². The quantitative estimate of drug-likeness (QED) is 0.913. The highest BCUT2D eigenvalue weighted by atomic mass is 35.5. The number of fused-ring (bicyclic) bond motifs is 1. The SMILES string of the molecule is Cc1nn(C)cc1CNc1cc2c(cc1Cl)NC(=O)CO2. The third-order valence-electron chi connectivity index (χ3n) is 3.29. The Labute approximate surface area is 127 Å². The van der Waals surface area contributed by atoms with Crippen LogP contribution >= 0.6 is 11.6 Å². The van der Waals surface area contributed by atoms with Crippen molar-refractivity contribution in [3.63, 3.8) is 0 Å². The molecule has 0 radical (unpaired) electrons. The molecule has 0 saturated carbocycles. The van der Waals surface area contributed by atoms with Crippen LogP contribution in [0.4, 0.5) is 11.4 Å². The second kappa shape index (κ2) is 5.29. The monoisotopic (exact) mass is 306 g/mol. The van der Waals surface area contributed by atoms with Crippen LogP contribution in [0.2, 0.25) is 5.02 Å². The third-order valence-corrected chi connectivity index (χ3v) is 3.60. The van der Waals surface area contributed by atoms with Crippen molar-refractivity contribution in [2.75, 3.05) is 17.2 Å². The van der Waals surface area contributed by atoms with Gasteiger partial charge in [-0.25, -0.2) is 0 Å². The Bertz CT molecular complexity index is 711. The molecule has 2 N–H and O–H groups in total. The molecule has 1 aromatic heterocycles. The molecule has 1 aliphatic heterocycles. The number of hydrogen-bond acceptors (Lipinski definition) is 4. The first-order valence-electron chi connectivity index (χ1n) is 6.52. The van der Waals surface area contributed by atoms with Gasteiger partial charge in [0.05, 0.1) is 22.1 Å². The highest BCUT2D eigenvalue weighted by Gasteiger charge is 2.18. The average molecular weight is 307 g/mol. The zero-order valence-corrected chi connectivity index (χ0v) is 12.5. The first-order chi connectivity index (χ1) is 10.0. The van der Waals surface area contributed by atoms with Gasteiger partial charge in [0, 0.05) is 31.4 Å². The molecule has 21 heavy (non-hydrogen) atoms. The molecule has 2 aromatic rings. The van der Waals surface area contributed by atoms with Crippen LogP contribution in [0.5, 0.6) is 5.75 Å². The van der Waals surface area contributed by atoms with Crippen molar-refractivity contribution < 1.29 is 9.53 Å². The summed E-state index contributed by atoms with van der Waals surface area (Å²) in [5, 5.41) is 10.8. The van der Waals surface area contributed by atoms with Crippen molar-refractivity contribution in [1.29, 1.82) is 0 Å². The van der Waals surface area contributed by atoms with Crippen LogP contribution in [0.25, 0.3) is 0 Å². The lowest BCUT2D eigenvalue weighted by Gasteiger charge is -2.20. The lowest BCUT2D eigenvalue weighted by Crippen LogP contribution is -2.25. The predicted molar refractivity (Wildman–Crippen MR) is 80.8 cm³/mol. The number of carbonyl (C=O) groups excluding carboxylic acids is 1.